The average Bonchev–Trinajstić information content (AvgIpc) is 3.22. The standard InChI is InChI=1S/C15H16N4O4/c20-14(11-6-7-12(23-11)15(21)22)16-8-13-18-17-9-19(13)10-4-2-1-3-5-10/h1-5,9,11-12H,6-8H2,(H,16,20)(H,21,22)/t11-,12+/m0/s1. The van der Waals surface area contributed by atoms with Crippen LogP contribution in [0.2, 0.25) is 0 Å². The van der Waals surface area contributed by atoms with E-state index in [1.807, 2.05) is 30.3 Å². The number of nitrogens with zero attached hydrogens (tertiary/aromatic N) is 3. The first kappa shape index (κ1) is 15.2. The van der Waals surface area contributed by atoms with E-state index in [2.05, 4.69) is 15.5 Å². The molecule has 1 aromatic heterocycles. The van der Waals surface area contributed by atoms with Crippen molar-refractivity contribution in [3.63, 3.8) is 0 Å². The van der Waals surface area contributed by atoms with Crippen LogP contribution in [0, 0.1) is 0 Å². The summed E-state index contributed by atoms with van der Waals surface area (Å²) in [5.41, 5.74) is 0.893. The molecular formula is C15H16N4O4. The van der Waals surface area contributed by atoms with Gasteiger partial charge in [-0.2, -0.15) is 0 Å². The van der Waals surface area contributed by atoms with Gasteiger partial charge < -0.3 is 15.2 Å². The second kappa shape index (κ2) is 6.57. The molecule has 2 heterocycles. The number of hydrogen-bond acceptors (Lipinski definition) is 5. The summed E-state index contributed by atoms with van der Waals surface area (Å²) in [6.45, 7) is 0.186. The van der Waals surface area contributed by atoms with Crippen LogP contribution in [0.5, 0.6) is 0 Å². The van der Waals surface area contributed by atoms with E-state index in [1.165, 1.54) is 0 Å². The first-order chi connectivity index (χ1) is 11.1. The van der Waals surface area contributed by atoms with Crippen molar-refractivity contribution in [1.29, 1.82) is 0 Å². The number of rotatable bonds is 5. The molecule has 1 aromatic carbocycles. The van der Waals surface area contributed by atoms with E-state index >= 15 is 0 Å². The lowest BCUT2D eigenvalue weighted by molar-refractivity contribution is -0.151. The number of ether oxygens (including phenoxy) is 1. The van der Waals surface area contributed by atoms with Gasteiger partial charge in [0, 0.05) is 5.69 Å². The van der Waals surface area contributed by atoms with Crippen LogP contribution in [-0.4, -0.2) is 44.0 Å². The van der Waals surface area contributed by atoms with Gasteiger partial charge in [0.15, 0.2) is 11.9 Å². The fraction of sp³-hybridized carbons (Fsp3) is 0.333. The molecule has 0 bridgehead atoms. The molecule has 3 rings (SSSR count). The Morgan fingerprint density at radius 1 is 1.26 bits per heavy atom. The van der Waals surface area contributed by atoms with Gasteiger partial charge >= 0.3 is 5.97 Å². The molecule has 0 unspecified atom stereocenters. The molecule has 120 valence electrons. The van der Waals surface area contributed by atoms with Crippen molar-refractivity contribution in [2.24, 2.45) is 0 Å². The Labute approximate surface area is 132 Å². The highest BCUT2D eigenvalue weighted by Gasteiger charge is 2.34. The summed E-state index contributed by atoms with van der Waals surface area (Å²) in [5, 5.41) is 19.5. The molecule has 1 saturated heterocycles. The van der Waals surface area contributed by atoms with Gasteiger partial charge in [0.05, 0.1) is 6.54 Å². The molecule has 8 nitrogen and oxygen atoms in total. The SMILES string of the molecule is O=C(NCc1nncn1-c1ccccc1)[C@@H]1CC[C@H](C(=O)O)O1. The van der Waals surface area contributed by atoms with E-state index < -0.39 is 18.2 Å². The van der Waals surface area contributed by atoms with Crippen LogP contribution in [0.25, 0.3) is 5.69 Å². The number of amides is 1. The first-order valence-electron chi connectivity index (χ1n) is 7.25. The van der Waals surface area contributed by atoms with E-state index in [0.717, 1.165) is 5.69 Å². The van der Waals surface area contributed by atoms with Gasteiger partial charge in [0.1, 0.15) is 12.4 Å². The van der Waals surface area contributed by atoms with Crippen molar-refractivity contribution < 1.29 is 19.4 Å². The molecule has 2 aromatic rings. The number of benzene rings is 1. The highest BCUT2D eigenvalue weighted by atomic mass is 16.5. The average molecular weight is 316 g/mol. The third kappa shape index (κ3) is 3.37. The maximum Gasteiger partial charge on any atom is 0.332 e. The molecule has 0 saturated carbocycles. The van der Waals surface area contributed by atoms with Crippen molar-refractivity contribution in [3.8, 4) is 5.69 Å². The van der Waals surface area contributed by atoms with E-state index in [-0.39, 0.29) is 12.5 Å². The van der Waals surface area contributed by atoms with Crippen LogP contribution in [0.1, 0.15) is 18.7 Å². The van der Waals surface area contributed by atoms with Gasteiger partial charge in [-0.3, -0.25) is 9.36 Å². The van der Waals surface area contributed by atoms with Gasteiger partial charge in [-0.15, -0.1) is 10.2 Å². The number of carboxylic acids is 1. The van der Waals surface area contributed by atoms with Crippen molar-refractivity contribution in [3.05, 3.63) is 42.5 Å². The fourth-order valence-electron chi connectivity index (χ4n) is 2.48. The quantitative estimate of drug-likeness (QED) is 0.833. The molecule has 8 heteroatoms. The minimum Gasteiger partial charge on any atom is -0.479 e. The Hall–Kier alpha value is -2.74. The summed E-state index contributed by atoms with van der Waals surface area (Å²) >= 11 is 0. The van der Waals surface area contributed by atoms with Gasteiger partial charge in [0.25, 0.3) is 0 Å². The van der Waals surface area contributed by atoms with Crippen LogP contribution >= 0.6 is 0 Å². The Balaban J connectivity index is 1.60. The normalized spacial score (nSPS) is 20.3. The summed E-state index contributed by atoms with van der Waals surface area (Å²) in [7, 11) is 0. The van der Waals surface area contributed by atoms with Crippen molar-refractivity contribution in [2.45, 2.75) is 31.6 Å². The summed E-state index contributed by atoms with van der Waals surface area (Å²) in [5.74, 6) is -0.794. The highest BCUT2D eigenvalue weighted by Crippen LogP contribution is 2.20. The van der Waals surface area contributed by atoms with Crippen molar-refractivity contribution >= 4 is 11.9 Å². The molecule has 0 radical (unpaired) electrons. The van der Waals surface area contributed by atoms with Crippen molar-refractivity contribution in [1.82, 2.24) is 20.1 Å². The Bertz CT molecular complexity index is 701. The Kier molecular flexibility index (Phi) is 4.33. The lowest BCUT2D eigenvalue weighted by Crippen LogP contribution is -2.35. The predicted molar refractivity (Wildman–Crippen MR) is 78.7 cm³/mol. The zero-order valence-corrected chi connectivity index (χ0v) is 12.3. The number of aliphatic carboxylic acids is 1. The van der Waals surface area contributed by atoms with E-state index in [9.17, 15) is 9.59 Å². The predicted octanol–water partition coefficient (Wildman–Crippen LogP) is 0.516. The first-order valence-corrected chi connectivity index (χ1v) is 7.25. The third-order valence-corrected chi connectivity index (χ3v) is 3.66. The monoisotopic (exact) mass is 316 g/mol. The molecular weight excluding hydrogens is 300 g/mol. The maximum absolute atomic E-state index is 12.1. The Morgan fingerprint density at radius 3 is 2.70 bits per heavy atom. The molecule has 0 aliphatic carbocycles. The minimum absolute atomic E-state index is 0.186. The number of carbonyl (C=O) groups is 2. The molecule has 2 N–H and O–H groups in total. The molecule has 1 amide bonds. The second-order valence-corrected chi connectivity index (χ2v) is 5.20. The number of nitrogens with one attached hydrogen (secondary N) is 1. The van der Waals surface area contributed by atoms with Crippen LogP contribution < -0.4 is 5.32 Å². The van der Waals surface area contributed by atoms with Crippen LogP contribution in [0.15, 0.2) is 36.7 Å². The number of para-hydroxylation sites is 1. The van der Waals surface area contributed by atoms with E-state index in [0.29, 0.717) is 18.7 Å². The van der Waals surface area contributed by atoms with Gasteiger partial charge in [-0.05, 0) is 25.0 Å². The zero-order valence-electron chi connectivity index (χ0n) is 12.3. The van der Waals surface area contributed by atoms with Crippen molar-refractivity contribution in [2.75, 3.05) is 0 Å². The lowest BCUT2D eigenvalue weighted by atomic mass is 10.2. The van der Waals surface area contributed by atoms with Crippen LogP contribution in [0.4, 0.5) is 0 Å². The second-order valence-electron chi connectivity index (χ2n) is 5.20. The molecule has 0 spiro atoms. The minimum atomic E-state index is -1.04. The molecule has 1 fully saturated rings. The molecule has 1 aliphatic rings. The van der Waals surface area contributed by atoms with Gasteiger partial charge in [-0.25, -0.2) is 4.79 Å². The fourth-order valence-corrected chi connectivity index (χ4v) is 2.48. The summed E-state index contributed by atoms with van der Waals surface area (Å²) < 4.78 is 6.99. The maximum atomic E-state index is 12.1. The lowest BCUT2D eigenvalue weighted by Gasteiger charge is -2.12. The van der Waals surface area contributed by atoms with E-state index in [4.69, 9.17) is 9.84 Å². The molecule has 23 heavy (non-hydrogen) atoms. The van der Waals surface area contributed by atoms with E-state index in [1.54, 1.807) is 10.9 Å². The van der Waals surface area contributed by atoms with Gasteiger partial charge in [-0.1, -0.05) is 18.2 Å². The zero-order chi connectivity index (χ0) is 16.2. The third-order valence-electron chi connectivity index (χ3n) is 3.66. The largest absolute Gasteiger partial charge is 0.479 e. The number of hydrogen-bond donors (Lipinski definition) is 2. The summed E-state index contributed by atoms with van der Waals surface area (Å²) in [4.78, 5) is 22.9. The van der Waals surface area contributed by atoms with Gasteiger partial charge in [0.2, 0.25) is 5.91 Å². The smallest absolute Gasteiger partial charge is 0.332 e. The topological polar surface area (TPSA) is 106 Å². The van der Waals surface area contributed by atoms with Crippen LogP contribution in [0.3, 0.4) is 0 Å². The number of carboxylic acid groups (broad SMARTS) is 1. The summed E-state index contributed by atoms with van der Waals surface area (Å²) in [6.07, 6.45) is 0.674. The Morgan fingerprint density at radius 2 is 2.00 bits per heavy atom. The summed E-state index contributed by atoms with van der Waals surface area (Å²) in [6, 6.07) is 9.52. The van der Waals surface area contributed by atoms with Crippen LogP contribution in [-0.2, 0) is 20.9 Å². The number of carbonyl (C=O) groups excluding carboxylic acids is 1. The molecule has 2 atom stereocenters. The number of aromatic nitrogens is 3. The molecule has 1 aliphatic heterocycles. The highest BCUT2D eigenvalue weighted by molar-refractivity contribution is 5.82.